The van der Waals surface area contributed by atoms with Crippen LogP contribution in [0.15, 0.2) is 176 Å². The van der Waals surface area contributed by atoms with Gasteiger partial charge in [-0.3, -0.25) is 0 Å². The second-order valence-corrected chi connectivity index (χ2v) is 17.6. The van der Waals surface area contributed by atoms with Gasteiger partial charge >= 0.3 is 12.4 Å². The van der Waals surface area contributed by atoms with E-state index in [2.05, 4.69) is 30.3 Å². The number of benzene rings is 9. The van der Waals surface area contributed by atoms with Gasteiger partial charge in [0.25, 0.3) is 0 Å². The fourth-order valence-corrected chi connectivity index (χ4v) is 10.0. The molecular weight excluding hydrogens is 945 g/mol. The van der Waals surface area contributed by atoms with Gasteiger partial charge in [-0.15, -0.1) is 0 Å². The molecule has 0 bridgehead atoms. The molecule has 0 spiro atoms. The van der Waals surface area contributed by atoms with Crippen LogP contribution < -0.4 is 0 Å². The van der Waals surface area contributed by atoms with E-state index in [1.54, 1.807) is 48.5 Å². The van der Waals surface area contributed by atoms with Crippen LogP contribution in [0.2, 0.25) is 0 Å². The average molecular weight is 974 g/mol. The molecule has 0 aliphatic rings. The lowest BCUT2D eigenvalue weighted by Crippen LogP contribution is -2.11. The Hall–Kier alpha value is -10.4. The average Bonchev–Trinajstić information content (AvgIpc) is 3.94. The van der Waals surface area contributed by atoms with Crippen LogP contribution in [0, 0.1) is 56.7 Å². The molecule has 2 heterocycles. The maximum Gasteiger partial charge on any atom is 0.416 e. The van der Waals surface area contributed by atoms with Crippen LogP contribution in [0.25, 0.3) is 99.5 Å². The summed E-state index contributed by atoms with van der Waals surface area (Å²) >= 11 is 0. The zero-order chi connectivity index (χ0) is 51.6. The van der Waals surface area contributed by atoms with Crippen LogP contribution in [0.1, 0.15) is 38.9 Å². The molecule has 9 aromatic carbocycles. The molecule has 0 aliphatic heterocycles. The molecule has 0 saturated carbocycles. The Balaban J connectivity index is 1.23. The summed E-state index contributed by atoms with van der Waals surface area (Å²) in [6.45, 7) is 0. The minimum absolute atomic E-state index is 0.0102. The summed E-state index contributed by atoms with van der Waals surface area (Å²) in [5.41, 5.74) is 4.94. The number of fused-ring (bicyclic) bond motifs is 6. The summed E-state index contributed by atoms with van der Waals surface area (Å²) in [5.74, 6) is 0. The first-order chi connectivity index (χ1) is 35.7. The van der Waals surface area contributed by atoms with Gasteiger partial charge in [-0.2, -0.15) is 52.7 Å². The molecule has 0 fully saturated rings. The standard InChI is InChI=1S/C61H29F6N7/c62-60(63,64)46-24-45(25-47(29-46)61(65,66)67)41-14-17-57(73-53-9-3-1-7-48(53)50-26-39(12-15-55(50)73)43-20-35(30-68)18-36(21-43)31-69)52(28-41)59-42(34-72)6-5-11-58(59)74-54-10-4-2-8-49(54)51-27-40(13-16-56(51)74)44-22-37(32-70)19-38(23-44)33-71/h1-29H. The second-order valence-electron chi connectivity index (χ2n) is 17.6. The zero-order valence-electron chi connectivity index (χ0n) is 38.1. The normalized spacial score (nSPS) is 11.6. The molecule has 0 unspecified atom stereocenters. The van der Waals surface area contributed by atoms with Crippen molar-refractivity contribution in [2.24, 2.45) is 0 Å². The van der Waals surface area contributed by atoms with Crippen molar-refractivity contribution in [2.75, 3.05) is 0 Å². The van der Waals surface area contributed by atoms with Crippen molar-refractivity contribution in [3.63, 3.8) is 0 Å². The van der Waals surface area contributed by atoms with Gasteiger partial charge in [0.15, 0.2) is 0 Å². The van der Waals surface area contributed by atoms with Gasteiger partial charge in [0.05, 0.1) is 103 Å². The number of rotatable bonds is 6. The molecule has 0 aliphatic carbocycles. The Morgan fingerprint density at radius 1 is 0.324 bits per heavy atom. The van der Waals surface area contributed by atoms with Crippen LogP contribution in [-0.4, -0.2) is 9.13 Å². The van der Waals surface area contributed by atoms with Crippen molar-refractivity contribution >= 4 is 43.6 Å². The maximum absolute atomic E-state index is 14.4. The Bertz CT molecular complexity index is 4330. The first-order valence-electron chi connectivity index (χ1n) is 22.7. The van der Waals surface area contributed by atoms with Crippen LogP contribution in [-0.2, 0) is 12.4 Å². The van der Waals surface area contributed by atoms with Gasteiger partial charge in [0.2, 0.25) is 0 Å². The third-order valence-corrected chi connectivity index (χ3v) is 13.2. The molecule has 0 amide bonds. The smallest absolute Gasteiger partial charge is 0.309 e. The van der Waals surface area contributed by atoms with Gasteiger partial charge in [0.1, 0.15) is 0 Å². The highest BCUT2D eigenvalue weighted by atomic mass is 19.4. The number of aromatic nitrogens is 2. The van der Waals surface area contributed by atoms with Crippen LogP contribution in [0.4, 0.5) is 26.3 Å². The Kier molecular flexibility index (Phi) is 10.9. The number of hydrogen-bond acceptors (Lipinski definition) is 5. The first-order valence-corrected chi connectivity index (χ1v) is 22.7. The molecule has 0 atom stereocenters. The number of nitriles is 5. The van der Waals surface area contributed by atoms with E-state index in [9.17, 15) is 52.7 Å². The first kappa shape index (κ1) is 46.0. The fraction of sp³-hybridized carbons (Fsp3) is 0.0328. The van der Waals surface area contributed by atoms with Crippen molar-refractivity contribution in [2.45, 2.75) is 12.4 Å². The number of nitrogens with zero attached hydrogens (tertiary/aromatic N) is 7. The van der Waals surface area contributed by atoms with E-state index in [0.717, 1.165) is 21.5 Å². The predicted octanol–water partition coefficient (Wildman–Crippen LogP) is 15.9. The zero-order valence-corrected chi connectivity index (χ0v) is 38.1. The van der Waals surface area contributed by atoms with Crippen molar-refractivity contribution in [3.8, 4) is 86.2 Å². The van der Waals surface area contributed by atoms with E-state index in [-0.39, 0.29) is 22.8 Å². The molecule has 7 nitrogen and oxygen atoms in total. The largest absolute Gasteiger partial charge is 0.416 e. The summed E-state index contributed by atoms with van der Waals surface area (Å²) in [6, 6.07) is 58.1. The number of para-hydroxylation sites is 2. The van der Waals surface area contributed by atoms with E-state index in [4.69, 9.17) is 0 Å². The summed E-state index contributed by atoms with van der Waals surface area (Å²) in [4.78, 5) is 0. The van der Waals surface area contributed by atoms with Crippen LogP contribution in [0.5, 0.6) is 0 Å². The van der Waals surface area contributed by atoms with Gasteiger partial charge in [-0.25, -0.2) is 0 Å². The molecule has 350 valence electrons. The highest BCUT2D eigenvalue weighted by molar-refractivity contribution is 6.13. The van der Waals surface area contributed by atoms with Crippen molar-refractivity contribution in [1.82, 2.24) is 9.13 Å². The van der Waals surface area contributed by atoms with Crippen LogP contribution >= 0.6 is 0 Å². The lowest BCUT2D eigenvalue weighted by molar-refractivity contribution is -0.143. The minimum atomic E-state index is -5.12. The van der Waals surface area contributed by atoms with E-state index < -0.39 is 23.5 Å². The summed E-state index contributed by atoms with van der Waals surface area (Å²) in [7, 11) is 0. The van der Waals surface area contributed by atoms with Gasteiger partial charge in [0, 0.05) is 32.7 Å². The maximum atomic E-state index is 14.4. The molecule has 0 saturated heterocycles. The minimum Gasteiger partial charge on any atom is -0.309 e. The third-order valence-electron chi connectivity index (χ3n) is 13.2. The summed E-state index contributed by atoms with van der Waals surface area (Å²) in [6.07, 6.45) is -10.2. The number of alkyl halides is 6. The quantitative estimate of drug-likeness (QED) is 0.153. The molecule has 74 heavy (non-hydrogen) atoms. The van der Waals surface area contributed by atoms with Crippen molar-refractivity contribution < 1.29 is 26.3 Å². The van der Waals surface area contributed by atoms with Crippen LogP contribution in [0.3, 0.4) is 0 Å². The van der Waals surface area contributed by atoms with Gasteiger partial charge in [-0.1, -0.05) is 60.7 Å². The van der Waals surface area contributed by atoms with E-state index in [0.29, 0.717) is 101 Å². The Morgan fingerprint density at radius 3 is 1.20 bits per heavy atom. The van der Waals surface area contributed by atoms with Crippen molar-refractivity contribution in [1.29, 1.82) is 26.3 Å². The van der Waals surface area contributed by atoms with Gasteiger partial charge in [-0.05, 0) is 149 Å². The second kappa shape index (κ2) is 17.5. The summed E-state index contributed by atoms with van der Waals surface area (Å²) in [5, 5.41) is 53.3. The fourth-order valence-electron chi connectivity index (χ4n) is 10.0. The molecular formula is C61H29F6N7. The van der Waals surface area contributed by atoms with E-state index in [1.807, 2.05) is 94.1 Å². The lowest BCUT2D eigenvalue weighted by Gasteiger charge is -2.21. The molecule has 2 aromatic heterocycles. The van der Waals surface area contributed by atoms with Crippen molar-refractivity contribution in [3.05, 3.63) is 215 Å². The van der Waals surface area contributed by atoms with Gasteiger partial charge < -0.3 is 9.13 Å². The molecule has 11 rings (SSSR count). The number of hydrogen-bond donors (Lipinski definition) is 0. The Morgan fingerprint density at radius 2 is 0.743 bits per heavy atom. The Labute approximate surface area is 417 Å². The SMILES string of the molecule is N#Cc1cc(C#N)cc(-c2ccc3c(c2)c2ccccc2n3-c2ccc(-c3cc(C(F)(F)F)cc(C(F)(F)F)c3)cc2-c2c(C#N)cccc2-n2c3ccccc3c3cc(-c4cc(C#N)cc(C#N)c4)ccc32)c1. The topological polar surface area (TPSA) is 129 Å². The molecule has 0 radical (unpaired) electrons. The number of halogens is 6. The highest BCUT2D eigenvalue weighted by Gasteiger charge is 2.37. The van der Waals surface area contributed by atoms with E-state index >= 15 is 0 Å². The predicted molar refractivity (Wildman–Crippen MR) is 270 cm³/mol. The lowest BCUT2D eigenvalue weighted by atomic mass is 9.91. The monoisotopic (exact) mass is 973 g/mol. The highest BCUT2D eigenvalue weighted by Crippen LogP contribution is 2.46. The summed E-state index contributed by atoms with van der Waals surface area (Å²) < 4.78 is 90.6. The molecule has 11 aromatic rings. The third kappa shape index (κ3) is 7.78. The van der Waals surface area contributed by atoms with E-state index in [1.165, 1.54) is 24.3 Å². The molecule has 13 heteroatoms. The molecule has 0 N–H and O–H groups in total.